The Morgan fingerprint density at radius 2 is 2.14 bits per heavy atom. The summed E-state index contributed by atoms with van der Waals surface area (Å²) in [6.07, 6.45) is 15.1. The lowest BCUT2D eigenvalue weighted by Crippen LogP contribution is -2.21. The van der Waals surface area contributed by atoms with E-state index in [-0.39, 0.29) is 5.82 Å². The monoisotopic (exact) mass is 396 g/mol. The van der Waals surface area contributed by atoms with Crippen LogP contribution in [0.5, 0.6) is 0 Å². The normalized spacial score (nSPS) is 16.0. The van der Waals surface area contributed by atoms with Crippen LogP contribution in [0, 0.1) is 5.82 Å². The predicted octanol–water partition coefficient (Wildman–Crippen LogP) is 4.81. The fraction of sp³-hybridized carbons (Fsp3) is 0.304. The molecule has 2 heterocycles. The van der Waals surface area contributed by atoms with E-state index in [1.807, 2.05) is 18.3 Å². The Morgan fingerprint density at radius 1 is 1.17 bits per heavy atom. The molecule has 0 unspecified atom stereocenters. The number of aromatic amines is 1. The van der Waals surface area contributed by atoms with Gasteiger partial charge >= 0.3 is 5.95 Å². The van der Waals surface area contributed by atoms with E-state index in [2.05, 4.69) is 16.4 Å². The number of hydrogen-bond donors (Lipinski definition) is 2. The Balaban J connectivity index is 1.11. The Hall–Kier alpha value is -2.99. The van der Waals surface area contributed by atoms with Crippen LogP contribution in [0.25, 0.3) is 10.9 Å². The third kappa shape index (κ3) is 5.09. The first-order valence-corrected chi connectivity index (χ1v) is 9.98. The van der Waals surface area contributed by atoms with Gasteiger partial charge in [-0.25, -0.2) is 4.39 Å². The molecule has 0 radical (unpaired) electrons. The number of aryl methyl sites for hydroxylation is 1. The molecule has 152 valence electrons. The second-order valence-corrected chi connectivity index (χ2v) is 7.02. The van der Waals surface area contributed by atoms with Gasteiger partial charge in [-0.1, -0.05) is 18.2 Å². The minimum atomic E-state index is -0.203. The van der Waals surface area contributed by atoms with E-state index in [1.165, 1.54) is 12.3 Å². The molecule has 0 amide bonds. The molecule has 6 heteroatoms. The Labute approximate surface area is 169 Å². The van der Waals surface area contributed by atoms with Gasteiger partial charge in [0, 0.05) is 23.6 Å². The standard InChI is InChI=1S/C23H25FN2O3/c24-19-8-9-21-20(13-19)18(14-26-21)7-4-10-25-11-12-27-23-16-28-22(15-29-23)17-5-2-1-3-6-17/h1-2,5,8-9,13-16,25-26H,3-4,6-7,10-12H2. The Bertz CT molecular complexity index is 972. The van der Waals surface area contributed by atoms with Gasteiger partial charge in [-0.2, -0.15) is 0 Å². The quantitative estimate of drug-likeness (QED) is 0.598. The van der Waals surface area contributed by atoms with E-state index >= 15 is 0 Å². The van der Waals surface area contributed by atoms with Gasteiger partial charge in [0.05, 0.1) is 0 Å². The maximum absolute atomic E-state index is 13.4. The molecule has 2 aliphatic rings. The summed E-state index contributed by atoms with van der Waals surface area (Å²) in [6.45, 7) is 2.05. The minimum Gasteiger partial charge on any atom is -0.462 e. The van der Waals surface area contributed by atoms with Crippen LogP contribution in [0.3, 0.4) is 0 Å². The highest BCUT2D eigenvalue weighted by atomic mass is 19.1. The summed E-state index contributed by atoms with van der Waals surface area (Å²) in [5.41, 5.74) is 3.24. The molecule has 0 bridgehead atoms. The SMILES string of the molecule is Fc1ccc2[nH]cc(CCCNCCOC3=COC(C4=CC=CCC4)=CO3)c2c1. The van der Waals surface area contributed by atoms with Crippen molar-refractivity contribution in [2.75, 3.05) is 19.7 Å². The third-order valence-corrected chi connectivity index (χ3v) is 4.95. The van der Waals surface area contributed by atoms with Crippen molar-refractivity contribution in [2.24, 2.45) is 0 Å². The number of nitrogens with one attached hydrogen (secondary N) is 2. The summed E-state index contributed by atoms with van der Waals surface area (Å²) >= 11 is 0. The van der Waals surface area contributed by atoms with Gasteiger partial charge in [0.25, 0.3) is 0 Å². The van der Waals surface area contributed by atoms with Crippen LogP contribution in [0.4, 0.5) is 4.39 Å². The lowest BCUT2D eigenvalue weighted by Gasteiger charge is -2.18. The van der Waals surface area contributed by atoms with E-state index in [9.17, 15) is 4.39 Å². The van der Waals surface area contributed by atoms with Crippen molar-refractivity contribution in [3.63, 3.8) is 0 Å². The molecule has 1 aromatic carbocycles. The van der Waals surface area contributed by atoms with E-state index in [0.717, 1.165) is 60.0 Å². The first-order chi connectivity index (χ1) is 14.3. The smallest absolute Gasteiger partial charge is 0.321 e. The molecular formula is C23H25FN2O3. The first-order valence-electron chi connectivity index (χ1n) is 9.98. The van der Waals surface area contributed by atoms with Gasteiger partial charge in [0.15, 0.2) is 12.0 Å². The molecule has 0 fully saturated rings. The molecule has 0 saturated carbocycles. The average molecular weight is 396 g/mol. The molecule has 2 aromatic rings. The van der Waals surface area contributed by atoms with Crippen LogP contribution in [0.15, 0.2) is 72.4 Å². The van der Waals surface area contributed by atoms with Crippen LogP contribution < -0.4 is 5.32 Å². The lowest BCUT2D eigenvalue weighted by atomic mass is 10.0. The maximum Gasteiger partial charge on any atom is 0.321 e. The molecule has 0 atom stereocenters. The number of allylic oxidation sites excluding steroid dienone is 4. The van der Waals surface area contributed by atoms with Gasteiger partial charge < -0.3 is 24.5 Å². The Kier molecular flexibility index (Phi) is 6.32. The number of halogens is 1. The van der Waals surface area contributed by atoms with E-state index in [0.29, 0.717) is 19.1 Å². The van der Waals surface area contributed by atoms with Crippen LogP contribution in [0.2, 0.25) is 0 Å². The number of rotatable bonds is 9. The van der Waals surface area contributed by atoms with Gasteiger partial charge in [-0.05, 0) is 61.6 Å². The molecule has 1 aliphatic heterocycles. The highest BCUT2D eigenvalue weighted by molar-refractivity contribution is 5.83. The second-order valence-electron chi connectivity index (χ2n) is 7.02. The summed E-state index contributed by atoms with van der Waals surface area (Å²) in [5.74, 6) is 0.895. The number of benzene rings is 1. The number of H-pyrrole nitrogens is 1. The number of ether oxygens (including phenoxy) is 3. The van der Waals surface area contributed by atoms with Crippen LogP contribution in [-0.4, -0.2) is 24.7 Å². The summed E-state index contributed by atoms with van der Waals surface area (Å²) in [7, 11) is 0. The predicted molar refractivity (Wildman–Crippen MR) is 110 cm³/mol. The molecule has 0 saturated heterocycles. The fourth-order valence-corrected chi connectivity index (χ4v) is 3.42. The van der Waals surface area contributed by atoms with Crippen molar-refractivity contribution < 1.29 is 18.6 Å². The topological polar surface area (TPSA) is 55.5 Å². The average Bonchev–Trinajstić information content (AvgIpc) is 3.16. The molecular weight excluding hydrogens is 371 g/mol. The van der Waals surface area contributed by atoms with Gasteiger partial charge in [-0.15, -0.1) is 0 Å². The molecule has 4 rings (SSSR count). The largest absolute Gasteiger partial charge is 0.462 e. The zero-order valence-electron chi connectivity index (χ0n) is 16.2. The van der Waals surface area contributed by atoms with Crippen molar-refractivity contribution in [1.82, 2.24) is 10.3 Å². The highest BCUT2D eigenvalue weighted by Crippen LogP contribution is 2.25. The second kappa shape index (κ2) is 9.47. The third-order valence-electron chi connectivity index (χ3n) is 4.95. The summed E-state index contributed by atoms with van der Waals surface area (Å²) in [5, 5.41) is 4.30. The van der Waals surface area contributed by atoms with Crippen molar-refractivity contribution in [3.8, 4) is 0 Å². The molecule has 2 N–H and O–H groups in total. The van der Waals surface area contributed by atoms with Crippen molar-refractivity contribution >= 4 is 10.9 Å². The van der Waals surface area contributed by atoms with Gasteiger partial charge in [-0.3, -0.25) is 0 Å². The van der Waals surface area contributed by atoms with Crippen molar-refractivity contribution in [1.29, 1.82) is 0 Å². The molecule has 5 nitrogen and oxygen atoms in total. The number of aromatic nitrogens is 1. The zero-order chi connectivity index (χ0) is 19.9. The van der Waals surface area contributed by atoms with Crippen LogP contribution in [0.1, 0.15) is 24.8 Å². The van der Waals surface area contributed by atoms with Gasteiger partial charge in [0.1, 0.15) is 18.7 Å². The van der Waals surface area contributed by atoms with Crippen molar-refractivity contribution in [3.05, 3.63) is 83.8 Å². The zero-order valence-corrected chi connectivity index (χ0v) is 16.2. The molecule has 29 heavy (non-hydrogen) atoms. The minimum absolute atomic E-state index is 0.203. The first kappa shape index (κ1) is 19.3. The Morgan fingerprint density at radius 3 is 2.97 bits per heavy atom. The number of hydrogen-bond acceptors (Lipinski definition) is 4. The van der Waals surface area contributed by atoms with Crippen molar-refractivity contribution in [2.45, 2.75) is 25.7 Å². The summed E-state index contributed by atoms with van der Waals surface area (Å²) < 4.78 is 30.1. The van der Waals surface area contributed by atoms with E-state index < -0.39 is 0 Å². The number of fused-ring (bicyclic) bond motifs is 1. The summed E-state index contributed by atoms with van der Waals surface area (Å²) in [6, 6.07) is 4.84. The fourth-order valence-electron chi connectivity index (χ4n) is 3.42. The molecule has 1 aliphatic carbocycles. The van der Waals surface area contributed by atoms with E-state index in [4.69, 9.17) is 14.2 Å². The van der Waals surface area contributed by atoms with E-state index in [1.54, 1.807) is 18.4 Å². The van der Waals surface area contributed by atoms with Crippen LogP contribution >= 0.6 is 0 Å². The maximum atomic E-state index is 13.4. The van der Waals surface area contributed by atoms with Gasteiger partial charge in [0.2, 0.25) is 0 Å². The van der Waals surface area contributed by atoms with Crippen LogP contribution in [-0.2, 0) is 20.6 Å². The lowest BCUT2D eigenvalue weighted by molar-refractivity contribution is 0.0540. The molecule has 1 aromatic heterocycles. The summed E-state index contributed by atoms with van der Waals surface area (Å²) in [4.78, 5) is 3.19. The molecule has 0 spiro atoms. The highest BCUT2D eigenvalue weighted by Gasteiger charge is 2.14.